The summed E-state index contributed by atoms with van der Waals surface area (Å²) in [6, 6.07) is 11.5. The largest absolute Gasteiger partial charge is 0.360 e. The standard InChI is InChI=1S/C17H16N6OS/c1-12-9-15(24)23-17(20-12)25-16(21-23)18-8-7-13-10-19-22(11-13)14-5-3-2-4-6-14/h2-6,9-11H,7-8H2,1H3,(H,18,21). The molecule has 0 aliphatic heterocycles. The topological polar surface area (TPSA) is 77.1 Å². The molecule has 4 rings (SSSR count). The van der Waals surface area contributed by atoms with Crippen molar-refractivity contribution in [3.63, 3.8) is 0 Å². The van der Waals surface area contributed by atoms with Crippen molar-refractivity contribution in [1.82, 2.24) is 24.4 Å². The fourth-order valence-corrected chi connectivity index (χ4v) is 3.39. The molecular weight excluding hydrogens is 336 g/mol. The number of rotatable bonds is 5. The van der Waals surface area contributed by atoms with Gasteiger partial charge in [-0.2, -0.15) is 9.61 Å². The molecule has 126 valence electrons. The number of aromatic nitrogens is 5. The average Bonchev–Trinajstić information content (AvgIpc) is 3.23. The van der Waals surface area contributed by atoms with Gasteiger partial charge < -0.3 is 5.32 Å². The van der Waals surface area contributed by atoms with Crippen molar-refractivity contribution >= 4 is 21.4 Å². The molecule has 3 aromatic heterocycles. The molecule has 0 bridgehead atoms. The maximum absolute atomic E-state index is 11.9. The summed E-state index contributed by atoms with van der Waals surface area (Å²) in [5.74, 6) is 0. The van der Waals surface area contributed by atoms with E-state index in [-0.39, 0.29) is 5.56 Å². The predicted molar refractivity (Wildman–Crippen MR) is 97.6 cm³/mol. The minimum atomic E-state index is -0.157. The molecule has 0 saturated carbocycles. The maximum atomic E-state index is 11.9. The molecule has 1 aromatic carbocycles. The normalized spacial score (nSPS) is 11.1. The van der Waals surface area contributed by atoms with Crippen molar-refractivity contribution in [2.45, 2.75) is 13.3 Å². The number of hydrogen-bond donors (Lipinski definition) is 1. The molecule has 25 heavy (non-hydrogen) atoms. The predicted octanol–water partition coefficient (Wildman–Crippen LogP) is 2.30. The van der Waals surface area contributed by atoms with Crippen LogP contribution in [0.25, 0.3) is 10.6 Å². The molecule has 0 aliphatic carbocycles. The molecule has 8 heteroatoms. The van der Waals surface area contributed by atoms with Crippen molar-refractivity contribution < 1.29 is 0 Å². The van der Waals surface area contributed by atoms with Crippen LogP contribution in [0.3, 0.4) is 0 Å². The third kappa shape index (κ3) is 3.29. The van der Waals surface area contributed by atoms with Gasteiger partial charge in [0.15, 0.2) is 0 Å². The van der Waals surface area contributed by atoms with E-state index in [1.54, 1.807) is 6.92 Å². The zero-order valence-electron chi connectivity index (χ0n) is 13.6. The number of nitrogens with zero attached hydrogens (tertiary/aromatic N) is 5. The van der Waals surface area contributed by atoms with Crippen molar-refractivity contribution in [3.8, 4) is 5.69 Å². The first-order chi connectivity index (χ1) is 12.2. The monoisotopic (exact) mass is 352 g/mol. The molecule has 3 heterocycles. The quantitative estimate of drug-likeness (QED) is 0.596. The van der Waals surface area contributed by atoms with Crippen LogP contribution >= 0.6 is 11.3 Å². The zero-order chi connectivity index (χ0) is 17.2. The molecule has 0 aliphatic rings. The maximum Gasteiger partial charge on any atom is 0.275 e. The number of anilines is 1. The highest BCUT2D eigenvalue weighted by molar-refractivity contribution is 7.20. The highest BCUT2D eigenvalue weighted by Gasteiger charge is 2.07. The van der Waals surface area contributed by atoms with Crippen LogP contribution in [-0.2, 0) is 6.42 Å². The number of para-hydroxylation sites is 1. The van der Waals surface area contributed by atoms with Crippen LogP contribution in [0.15, 0.2) is 53.6 Å². The van der Waals surface area contributed by atoms with E-state index >= 15 is 0 Å². The highest BCUT2D eigenvalue weighted by Crippen LogP contribution is 2.16. The fraction of sp³-hybridized carbons (Fsp3) is 0.176. The Hall–Kier alpha value is -3.00. The van der Waals surface area contributed by atoms with E-state index < -0.39 is 0 Å². The number of fused-ring (bicyclic) bond motifs is 1. The van der Waals surface area contributed by atoms with Gasteiger partial charge in [0.1, 0.15) is 0 Å². The van der Waals surface area contributed by atoms with Gasteiger partial charge in [-0.15, -0.1) is 5.10 Å². The van der Waals surface area contributed by atoms with E-state index in [1.165, 1.54) is 21.9 Å². The molecule has 4 aromatic rings. The van der Waals surface area contributed by atoms with E-state index in [2.05, 4.69) is 20.5 Å². The van der Waals surface area contributed by atoms with Gasteiger partial charge in [-0.3, -0.25) is 4.79 Å². The van der Waals surface area contributed by atoms with Crippen molar-refractivity contribution in [2.24, 2.45) is 0 Å². The molecular formula is C17H16N6OS. The smallest absolute Gasteiger partial charge is 0.275 e. The van der Waals surface area contributed by atoms with Crippen molar-refractivity contribution in [3.05, 3.63) is 70.4 Å². The summed E-state index contributed by atoms with van der Waals surface area (Å²) >= 11 is 1.37. The van der Waals surface area contributed by atoms with Gasteiger partial charge >= 0.3 is 0 Å². The lowest BCUT2D eigenvalue weighted by molar-refractivity contribution is 0.878. The number of nitrogens with one attached hydrogen (secondary N) is 1. The Morgan fingerprint density at radius 2 is 2.08 bits per heavy atom. The van der Waals surface area contributed by atoms with E-state index in [0.29, 0.717) is 22.3 Å². The highest BCUT2D eigenvalue weighted by atomic mass is 32.1. The molecule has 0 amide bonds. The Labute approximate surface area is 147 Å². The summed E-state index contributed by atoms with van der Waals surface area (Å²) in [6.45, 7) is 2.51. The Balaban J connectivity index is 1.42. The molecule has 0 spiro atoms. The van der Waals surface area contributed by atoms with Gasteiger partial charge in [-0.1, -0.05) is 29.5 Å². The lowest BCUT2D eigenvalue weighted by Crippen LogP contribution is -2.14. The minimum absolute atomic E-state index is 0.157. The molecule has 0 unspecified atom stereocenters. The summed E-state index contributed by atoms with van der Waals surface area (Å²) in [4.78, 5) is 16.8. The summed E-state index contributed by atoms with van der Waals surface area (Å²) < 4.78 is 3.19. The third-order valence-corrected chi connectivity index (χ3v) is 4.59. The van der Waals surface area contributed by atoms with Gasteiger partial charge in [-0.25, -0.2) is 9.67 Å². The first kappa shape index (κ1) is 15.5. The average molecular weight is 352 g/mol. The Bertz CT molecular complexity index is 1070. The van der Waals surface area contributed by atoms with Gasteiger partial charge in [0.25, 0.3) is 5.56 Å². The number of benzene rings is 1. The van der Waals surface area contributed by atoms with E-state index in [1.807, 2.05) is 47.4 Å². The number of aryl methyl sites for hydroxylation is 1. The van der Waals surface area contributed by atoms with E-state index in [4.69, 9.17) is 0 Å². The molecule has 0 atom stereocenters. The van der Waals surface area contributed by atoms with Crippen molar-refractivity contribution in [2.75, 3.05) is 11.9 Å². The first-order valence-electron chi connectivity index (χ1n) is 7.89. The van der Waals surface area contributed by atoms with Crippen LogP contribution in [0.4, 0.5) is 5.13 Å². The molecule has 1 N–H and O–H groups in total. The van der Waals surface area contributed by atoms with Crippen LogP contribution in [0.1, 0.15) is 11.3 Å². The fourth-order valence-electron chi connectivity index (χ4n) is 2.52. The lowest BCUT2D eigenvalue weighted by atomic mass is 10.2. The second kappa shape index (κ2) is 6.48. The van der Waals surface area contributed by atoms with E-state index in [9.17, 15) is 4.79 Å². The SMILES string of the molecule is Cc1cc(=O)n2nc(NCCc3cnn(-c4ccccc4)c3)sc2n1. The Kier molecular flexibility index (Phi) is 4.02. The molecule has 0 radical (unpaired) electrons. The molecule has 0 saturated heterocycles. The van der Waals surface area contributed by atoms with Gasteiger partial charge in [-0.05, 0) is 31.0 Å². The summed E-state index contributed by atoms with van der Waals surface area (Å²) in [5, 5.41) is 12.6. The summed E-state index contributed by atoms with van der Waals surface area (Å²) in [5.41, 5.74) is 2.71. The summed E-state index contributed by atoms with van der Waals surface area (Å²) in [7, 11) is 0. The number of hydrogen-bond acceptors (Lipinski definition) is 6. The minimum Gasteiger partial charge on any atom is -0.360 e. The van der Waals surface area contributed by atoms with Gasteiger partial charge in [0.2, 0.25) is 10.1 Å². The molecule has 7 nitrogen and oxygen atoms in total. The second-order valence-corrected chi connectivity index (χ2v) is 6.60. The van der Waals surface area contributed by atoms with E-state index in [0.717, 1.165) is 17.7 Å². The molecule has 0 fully saturated rings. The zero-order valence-corrected chi connectivity index (χ0v) is 14.4. The van der Waals surface area contributed by atoms with Crippen LogP contribution < -0.4 is 10.9 Å². The van der Waals surface area contributed by atoms with Gasteiger partial charge in [0, 0.05) is 24.5 Å². The summed E-state index contributed by atoms with van der Waals surface area (Å²) in [6.07, 6.45) is 4.69. The first-order valence-corrected chi connectivity index (χ1v) is 8.71. The van der Waals surface area contributed by atoms with Crippen LogP contribution in [-0.4, -0.2) is 30.9 Å². The Morgan fingerprint density at radius 1 is 1.24 bits per heavy atom. The van der Waals surface area contributed by atoms with Crippen LogP contribution in [0, 0.1) is 6.92 Å². The van der Waals surface area contributed by atoms with Gasteiger partial charge in [0.05, 0.1) is 11.9 Å². The van der Waals surface area contributed by atoms with Crippen LogP contribution in [0.2, 0.25) is 0 Å². The van der Waals surface area contributed by atoms with Crippen molar-refractivity contribution in [1.29, 1.82) is 0 Å². The second-order valence-electron chi connectivity index (χ2n) is 5.64. The van der Waals surface area contributed by atoms with Crippen LogP contribution in [0.5, 0.6) is 0 Å². The third-order valence-electron chi connectivity index (χ3n) is 3.72. The lowest BCUT2D eigenvalue weighted by Gasteiger charge is -2.00. The Morgan fingerprint density at radius 3 is 2.92 bits per heavy atom.